The number of carboxylic acids is 4. The van der Waals surface area contributed by atoms with E-state index in [0.29, 0.717) is 19.3 Å². The predicted octanol–water partition coefficient (Wildman–Crippen LogP) is 4.31. The third kappa shape index (κ3) is 26.0. The molecule has 422 valence electrons. The Balaban J connectivity index is 2.04. The molecule has 0 radical (unpaired) electrons. The van der Waals surface area contributed by atoms with Gasteiger partial charge in [-0.25, -0.2) is 9.59 Å². The van der Waals surface area contributed by atoms with Crippen LogP contribution in [0.3, 0.4) is 0 Å². The van der Waals surface area contributed by atoms with Gasteiger partial charge in [0.15, 0.2) is 18.4 Å². The summed E-state index contributed by atoms with van der Waals surface area (Å²) in [5.74, 6) is -9.15. The molecule has 4 amide bonds. The van der Waals surface area contributed by atoms with E-state index in [-0.39, 0.29) is 94.4 Å². The Kier molecular flexibility index (Phi) is 31.2. The van der Waals surface area contributed by atoms with Gasteiger partial charge in [0, 0.05) is 70.6 Å². The number of thioether (sulfide) groups is 1. The SMILES string of the molecule is CN[C@@H](CNC(=O)[C@@H](CC(=O)[C@H](Cc1ccccc1)NC(=O)CCCCCCCCC(=O)CCC(OP(O)(=S)CCCCC(=O)O)C(=O)O)Cc1ccccc1)C(=O)N(C)[C@@H](CC(=O)O)C(=O)N(C)[C@@H](CSC)C(=O)O. The molecule has 21 nitrogen and oxygen atoms in total. The van der Waals surface area contributed by atoms with Crippen LogP contribution in [-0.4, -0.2) is 170 Å². The Morgan fingerprint density at radius 3 is 1.75 bits per heavy atom. The number of likely N-dealkylation sites (N-methyl/N-ethyl adjacent to an activating group) is 3. The molecule has 0 saturated heterocycles. The number of ketones is 2. The van der Waals surface area contributed by atoms with Crippen LogP contribution >= 0.6 is 18.3 Å². The van der Waals surface area contributed by atoms with Crippen LogP contribution in [-0.2, 0) is 77.1 Å². The van der Waals surface area contributed by atoms with Crippen molar-refractivity contribution in [1.29, 1.82) is 0 Å². The van der Waals surface area contributed by atoms with E-state index in [0.717, 1.165) is 40.2 Å². The van der Waals surface area contributed by atoms with Crippen molar-refractivity contribution in [3.8, 4) is 0 Å². The minimum atomic E-state index is -3.48. The average Bonchev–Trinajstić information content (AvgIpc) is 3.37. The highest BCUT2D eigenvalue weighted by Crippen LogP contribution is 2.45. The van der Waals surface area contributed by atoms with Crippen molar-refractivity contribution in [3.05, 3.63) is 71.8 Å². The summed E-state index contributed by atoms with van der Waals surface area (Å²) in [4.78, 5) is 140. The van der Waals surface area contributed by atoms with E-state index in [9.17, 15) is 68.2 Å². The fourth-order valence-electron chi connectivity index (χ4n) is 8.21. The number of nitrogens with one attached hydrogen (secondary N) is 3. The molecule has 0 spiro atoms. The fraction of sp³-hybridized carbons (Fsp3) is 0.577. The van der Waals surface area contributed by atoms with Crippen molar-refractivity contribution in [1.82, 2.24) is 25.8 Å². The molecule has 0 fully saturated rings. The van der Waals surface area contributed by atoms with Gasteiger partial charge in [0.05, 0.1) is 12.5 Å². The van der Waals surface area contributed by atoms with E-state index in [1.165, 1.54) is 32.9 Å². The molecule has 2 aromatic carbocycles. The molecule has 2 unspecified atom stereocenters. The van der Waals surface area contributed by atoms with Crippen molar-refractivity contribution in [2.75, 3.05) is 45.9 Å². The summed E-state index contributed by atoms with van der Waals surface area (Å²) in [6.07, 6.45) is 3.93. The highest BCUT2D eigenvalue weighted by atomic mass is 32.5. The number of rotatable bonds is 41. The zero-order valence-corrected chi connectivity index (χ0v) is 46.3. The van der Waals surface area contributed by atoms with Gasteiger partial charge in [0.2, 0.25) is 23.6 Å². The average molecular weight is 1120 g/mol. The molecule has 0 saturated carbocycles. The fourth-order valence-corrected chi connectivity index (χ4v) is 10.9. The minimum Gasteiger partial charge on any atom is -0.481 e. The second kappa shape index (κ2) is 35.7. The highest BCUT2D eigenvalue weighted by Gasteiger charge is 2.38. The van der Waals surface area contributed by atoms with Crippen LogP contribution in [0.15, 0.2) is 60.7 Å². The Labute approximate surface area is 453 Å². The predicted molar refractivity (Wildman–Crippen MR) is 289 cm³/mol. The molecule has 8 N–H and O–H groups in total. The summed E-state index contributed by atoms with van der Waals surface area (Å²) in [6, 6.07) is 13.0. The molecular weight excluding hydrogens is 1050 g/mol. The van der Waals surface area contributed by atoms with Crippen molar-refractivity contribution < 1.29 is 77.8 Å². The lowest BCUT2D eigenvalue weighted by atomic mass is 9.89. The molecule has 2 rings (SSSR count). The molecule has 0 heterocycles. The molecule has 0 aliphatic rings. The molecule has 0 bridgehead atoms. The summed E-state index contributed by atoms with van der Waals surface area (Å²) in [7, 11) is 3.88. The second-order valence-corrected chi connectivity index (χ2v) is 23.2. The van der Waals surface area contributed by atoms with Gasteiger partial charge in [-0.3, -0.25) is 38.4 Å². The number of nitrogens with zero attached hydrogens (tertiary/aromatic N) is 2. The summed E-state index contributed by atoms with van der Waals surface area (Å²) in [5.41, 5.74) is 1.52. The van der Waals surface area contributed by atoms with Gasteiger partial charge in [0.1, 0.15) is 23.9 Å². The lowest BCUT2D eigenvalue weighted by Crippen LogP contribution is -2.58. The number of carbonyl (C=O) groups is 10. The van der Waals surface area contributed by atoms with Crippen LogP contribution in [0.1, 0.15) is 107 Å². The maximum absolute atomic E-state index is 14.3. The van der Waals surface area contributed by atoms with Gasteiger partial charge in [-0.05, 0) is 81.2 Å². The van der Waals surface area contributed by atoms with E-state index in [2.05, 4.69) is 16.0 Å². The number of carbonyl (C=O) groups excluding carboxylic acids is 6. The van der Waals surface area contributed by atoms with Crippen LogP contribution in [0.2, 0.25) is 0 Å². The highest BCUT2D eigenvalue weighted by molar-refractivity contribution is 8.09. The van der Waals surface area contributed by atoms with Crippen LogP contribution in [0.5, 0.6) is 0 Å². The third-order valence-corrected chi connectivity index (χ3v) is 15.5. The third-order valence-electron chi connectivity index (χ3n) is 12.6. The normalized spacial score (nSPS) is 14.3. The number of aliphatic carboxylic acids is 4. The van der Waals surface area contributed by atoms with Crippen LogP contribution in [0.4, 0.5) is 0 Å². The van der Waals surface area contributed by atoms with Crippen LogP contribution in [0, 0.1) is 5.92 Å². The molecule has 2 aromatic rings. The summed E-state index contributed by atoms with van der Waals surface area (Å²) < 4.78 is 5.30. The van der Waals surface area contributed by atoms with Crippen molar-refractivity contribution in [2.45, 2.75) is 139 Å². The van der Waals surface area contributed by atoms with Crippen LogP contribution in [0.25, 0.3) is 0 Å². The molecule has 0 aliphatic carbocycles. The van der Waals surface area contributed by atoms with E-state index in [1.54, 1.807) is 48.7 Å². The quantitative estimate of drug-likeness (QED) is 0.0340. The maximum atomic E-state index is 14.3. The molecule has 0 aliphatic heterocycles. The van der Waals surface area contributed by atoms with Crippen molar-refractivity contribution >= 4 is 89.1 Å². The van der Waals surface area contributed by atoms with Crippen LogP contribution < -0.4 is 16.0 Å². The number of benzene rings is 2. The van der Waals surface area contributed by atoms with Gasteiger partial charge >= 0.3 is 23.9 Å². The van der Waals surface area contributed by atoms with Gasteiger partial charge in [0.25, 0.3) is 0 Å². The Bertz CT molecular complexity index is 2280. The smallest absolute Gasteiger partial charge is 0.333 e. The molecule has 0 aromatic heterocycles. The summed E-state index contributed by atoms with van der Waals surface area (Å²) in [5, 5.41) is 46.2. The molecule has 76 heavy (non-hydrogen) atoms. The van der Waals surface area contributed by atoms with Gasteiger partial charge in [-0.15, -0.1) is 0 Å². The zero-order chi connectivity index (χ0) is 56.8. The first kappa shape index (κ1) is 66.5. The Morgan fingerprint density at radius 2 is 1.21 bits per heavy atom. The van der Waals surface area contributed by atoms with Crippen molar-refractivity contribution in [2.24, 2.45) is 5.92 Å². The standard InChI is InChI=1S/C52H76N5O16PS2/c1-53-40(49(66)56(2)41(32-47(63)64)50(67)57(3)42(34-76-4)51(68)69)33-54-48(65)37(29-35-19-11-9-12-20-35)31-43(59)39(30-36-21-13-10-14-22-36)55-45(60)24-16-8-6-5-7-15-23-38(58)26-27-44(52(70)71)73-74(72,75)28-18-17-25-46(61)62/h9-14,19-22,37,39-42,44,53H,5-8,15-18,23-34H2,1-4H3,(H,54,65)(H,55,60)(H,61,62)(H,63,64)(H,68,69)(H,70,71)(H,72,75)/t37-,39+,40+,41+,42+,44?,74?/m1/s1. The van der Waals surface area contributed by atoms with Crippen molar-refractivity contribution in [3.63, 3.8) is 0 Å². The number of amides is 4. The maximum Gasteiger partial charge on any atom is 0.333 e. The summed E-state index contributed by atoms with van der Waals surface area (Å²) >= 11 is 6.23. The summed E-state index contributed by atoms with van der Waals surface area (Å²) in [6.45, 7) is -3.81. The second-order valence-electron chi connectivity index (χ2n) is 18.6. The number of hydrogen-bond donors (Lipinski definition) is 8. The monoisotopic (exact) mass is 1120 g/mol. The molecular formula is C52H76N5O16PS2. The number of hydrogen-bond acceptors (Lipinski definition) is 14. The minimum absolute atomic E-state index is 0.0142. The lowest BCUT2D eigenvalue weighted by molar-refractivity contribution is -0.154. The van der Waals surface area contributed by atoms with E-state index in [4.69, 9.17) is 21.4 Å². The molecule has 24 heteroatoms. The first-order chi connectivity index (χ1) is 36.0. The Hall–Kier alpha value is -5.58. The number of unbranched alkanes of at least 4 members (excludes halogenated alkanes) is 6. The topological polar surface area (TPSA) is 324 Å². The van der Waals surface area contributed by atoms with Gasteiger partial charge in [-0.2, -0.15) is 11.8 Å². The lowest BCUT2D eigenvalue weighted by Gasteiger charge is -2.34. The van der Waals surface area contributed by atoms with Gasteiger partial charge < -0.3 is 55.6 Å². The zero-order valence-electron chi connectivity index (χ0n) is 43.8. The first-order valence-electron chi connectivity index (χ1n) is 25.3. The van der Waals surface area contributed by atoms with E-state index < -0.39 is 96.5 Å². The van der Waals surface area contributed by atoms with E-state index >= 15 is 0 Å². The van der Waals surface area contributed by atoms with Gasteiger partial charge in [-0.1, -0.05) is 86.3 Å². The number of carboxylic acid groups (broad SMARTS) is 4. The largest absolute Gasteiger partial charge is 0.481 e. The van der Waals surface area contributed by atoms with E-state index in [1.807, 2.05) is 18.2 Å². The Morgan fingerprint density at radius 1 is 0.658 bits per heavy atom. The first-order valence-corrected chi connectivity index (χ1v) is 29.5. The number of Topliss-reactive ketones (excluding diaryl/α,β-unsaturated/α-hetero) is 2. The molecule has 7 atom stereocenters.